The minimum Gasteiger partial charge on any atom is -0.364 e. The van der Waals surface area contributed by atoms with Gasteiger partial charge in [0.05, 0.1) is 6.04 Å². The quantitative estimate of drug-likeness (QED) is 0.697. The third-order valence-electron chi connectivity index (χ3n) is 2.46. The summed E-state index contributed by atoms with van der Waals surface area (Å²) >= 11 is 0. The van der Waals surface area contributed by atoms with Gasteiger partial charge in [-0.2, -0.15) is 0 Å². The average molecular weight is 204 g/mol. The van der Waals surface area contributed by atoms with Gasteiger partial charge in [0.25, 0.3) is 0 Å². The SMILES string of the molecule is CCC(NCc1ccc[nH]1)c1ncc[nH]1. The molecule has 1 unspecified atom stereocenters. The van der Waals surface area contributed by atoms with Gasteiger partial charge in [0, 0.05) is 30.8 Å². The second-order valence-corrected chi connectivity index (χ2v) is 3.51. The van der Waals surface area contributed by atoms with E-state index in [2.05, 4.69) is 33.3 Å². The first-order chi connectivity index (χ1) is 7.40. The summed E-state index contributed by atoms with van der Waals surface area (Å²) in [5.41, 5.74) is 1.19. The van der Waals surface area contributed by atoms with E-state index in [0.29, 0.717) is 6.04 Å². The first-order valence-electron chi connectivity index (χ1n) is 5.25. The minimum absolute atomic E-state index is 0.295. The van der Waals surface area contributed by atoms with Crippen molar-refractivity contribution in [2.24, 2.45) is 0 Å². The van der Waals surface area contributed by atoms with Gasteiger partial charge in [0.15, 0.2) is 0 Å². The van der Waals surface area contributed by atoms with Gasteiger partial charge in [-0.15, -0.1) is 0 Å². The van der Waals surface area contributed by atoms with E-state index in [1.807, 2.05) is 18.5 Å². The van der Waals surface area contributed by atoms with E-state index < -0.39 is 0 Å². The van der Waals surface area contributed by atoms with Crippen LogP contribution in [0.1, 0.15) is 30.9 Å². The second-order valence-electron chi connectivity index (χ2n) is 3.51. The molecule has 0 aliphatic heterocycles. The molecule has 0 aliphatic carbocycles. The molecule has 0 saturated heterocycles. The van der Waals surface area contributed by atoms with E-state index in [1.54, 1.807) is 6.20 Å². The van der Waals surface area contributed by atoms with E-state index in [1.165, 1.54) is 5.69 Å². The van der Waals surface area contributed by atoms with E-state index in [-0.39, 0.29) is 0 Å². The van der Waals surface area contributed by atoms with Crippen molar-refractivity contribution in [2.75, 3.05) is 0 Å². The van der Waals surface area contributed by atoms with Crippen LogP contribution in [0.2, 0.25) is 0 Å². The Labute approximate surface area is 89.1 Å². The highest BCUT2D eigenvalue weighted by Gasteiger charge is 2.10. The van der Waals surface area contributed by atoms with Crippen molar-refractivity contribution in [2.45, 2.75) is 25.9 Å². The highest BCUT2D eigenvalue weighted by Crippen LogP contribution is 2.11. The monoisotopic (exact) mass is 204 g/mol. The van der Waals surface area contributed by atoms with Crippen LogP contribution in [0, 0.1) is 0 Å². The van der Waals surface area contributed by atoms with Crippen molar-refractivity contribution < 1.29 is 0 Å². The first kappa shape index (κ1) is 9.98. The Kier molecular flexibility index (Phi) is 3.19. The summed E-state index contributed by atoms with van der Waals surface area (Å²) in [6.07, 6.45) is 6.60. The molecule has 3 N–H and O–H groups in total. The van der Waals surface area contributed by atoms with Gasteiger partial charge in [-0.1, -0.05) is 6.92 Å². The Hall–Kier alpha value is -1.55. The Bertz CT molecular complexity index is 363. The summed E-state index contributed by atoms with van der Waals surface area (Å²) in [6, 6.07) is 4.37. The smallest absolute Gasteiger partial charge is 0.123 e. The van der Waals surface area contributed by atoms with Crippen LogP contribution >= 0.6 is 0 Å². The molecule has 1 atom stereocenters. The maximum Gasteiger partial charge on any atom is 0.123 e. The lowest BCUT2D eigenvalue weighted by Gasteiger charge is -2.13. The molecule has 4 heteroatoms. The van der Waals surface area contributed by atoms with Crippen LogP contribution in [0.25, 0.3) is 0 Å². The van der Waals surface area contributed by atoms with Crippen molar-refractivity contribution in [3.8, 4) is 0 Å². The molecule has 0 spiro atoms. The number of hydrogen-bond acceptors (Lipinski definition) is 2. The number of nitrogens with one attached hydrogen (secondary N) is 3. The molecule has 80 valence electrons. The number of imidazole rings is 1. The summed E-state index contributed by atoms with van der Waals surface area (Å²) in [5, 5.41) is 3.45. The van der Waals surface area contributed by atoms with Crippen LogP contribution in [0.3, 0.4) is 0 Å². The first-order valence-corrected chi connectivity index (χ1v) is 5.25. The van der Waals surface area contributed by atoms with E-state index in [0.717, 1.165) is 18.8 Å². The van der Waals surface area contributed by atoms with Gasteiger partial charge in [0.2, 0.25) is 0 Å². The lowest BCUT2D eigenvalue weighted by molar-refractivity contribution is 0.494. The highest BCUT2D eigenvalue weighted by molar-refractivity contribution is 5.04. The van der Waals surface area contributed by atoms with Gasteiger partial charge in [-0.25, -0.2) is 4.98 Å². The molecule has 2 rings (SSSR count). The molecule has 0 amide bonds. The fourth-order valence-electron chi connectivity index (χ4n) is 1.61. The number of hydrogen-bond donors (Lipinski definition) is 3. The maximum absolute atomic E-state index is 4.26. The molecule has 2 aromatic rings. The summed E-state index contributed by atoms with van der Waals surface area (Å²) in [6.45, 7) is 2.99. The molecule has 4 nitrogen and oxygen atoms in total. The molecule has 0 saturated carbocycles. The summed E-state index contributed by atoms with van der Waals surface area (Å²) in [4.78, 5) is 10.6. The fourth-order valence-corrected chi connectivity index (χ4v) is 1.61. The molecule has 0 aromatic carbocycles. The van der Waals surface area contributed by atoms with Gasteiger partial charge in [-0.05, 0) is 18.6 Å². The summed E-state index contributed by atoms with van der Waals surface area (Å²) in [7, 11) is 0. The standard InChI is InChI=1S/C11H16N4/c1-2-10(11-13-6-7-14-11)15-8-9-4-3-5-12-9/h3-7,10,12,15H,2,8H2,1H3,(H,13,14). The zero-order valence-electron chi connectivity index (χ0n) is 8.83. The normalized spacial score (nSPS) is 12.9. The predicted molar refractivity (Wildman–Crippen MR) is 59.3 cm³/mol. The van der Waals surface area contributed by atoms with Crippen LogP contribution < -0.4 is 5.32 Å². The van der Waals surface area contributed by atoms with Crippen LogP contribution in [-0.2, 0) is 6.54 Å². The average Bonchev–Trinajstić information content (AvgIpc) is 2.90. The number of nitrogens with zero attached hydrogens (tertiary/aromatic N) is 1. The van der Waals surface area contributed by atoms with Crippen molar-refractivity contribution in [1.29, 1.82) is 0 Å². The van der Waals surface area contributed by atoms with Gasteiger partial charge in [0.1, 0.15) is 5.82 Å². The van der Waals surface area contributed by atoms with Crippen molar-refractivity contribution in [3.63, 3.8) is 0 Å². The molecule has 2 aromatic heterocycles. The van der Waals surface area contributed by atoms with Gasteiger partial charge >= 0.3 is 0 Å². The van der Waals surface area contributed by atoms with E-state index in [4.69, 9.17) is 0 Å². The van der Waals surface area contributed by atoms with Crippen molar-refractivity contribution >= 4 is 0 Å². The van der Waals surface area contributed by atoms with Crippen LogP contribution in [-0.4, -0.2) is 15.0 Å². The fraction of sp³-hybridized carbons (Fsp3) is 0.364. The van der Waals surface area contributed by atoms with Gasteiger partial charge in [-0.3, -0.25) is 0 Å². The highest BCUT2D eigenvalue weighted by atomic mass is 15.0. The maximum atomic E-state index is 4.26. The Morgan fingerprint density at radius 1 is 1.40 bits per heavy atom. The van der Waals surface area contributed by atoms with Crippen LogP contribution in [0.15, 0.2) is 30.7 Å². The lowest BCUT2D eigenvalue weighted by Crippen LogP contribution is -2.21. The summed E-state index contributed by atoms with van der Waals surface area (Å²) in [5.74, 6) is 1.00. The Morgan fingerprint density at radius 2 is 2.33 bits per heavy atom. The van der Waals surface area contributed by atoms with E-state index >= 15 is 0 Å². The molecule has 0 aliphatic rings. The Morgan fingerprint density at radius 3 is 2.93 bits per heavy atom. The molecule has 0 bridgehead atoms. The second kappa shape index (κ2) is 4.79. The number of rotatable bonds is 5. The number of H-pyrrole nitrogens is 2. The molecule has 0 radical (unpaired) electrons. The third kappa shape index (κ3) is 2.47. The lowest BCUT2D eigenvalue weighted by atomic mass is 10.2. The molecule has 15 heavy (non-hydrogen) atoms. The predicted octanol–water partition coefficient (Wildman–Crippen LogP) is 1.98. The van der Waals surface area contributed by atoms with Crippen molar-refractivity contribution in [1.82, 2.24) is 20.3 Å². The zero-order valence-corrected chi connectivity index (χ0v) is 8.83. The topological polar surface area (TPSA) is 56.5 Å². The number of aromatic amines is 2. The van der Waals surface area contributed by atoms with Gasteiger partial charge < -0.3 is 15.3 Å². The number of aromatic nitrogens is 3. The largest absolute Gasteiger partial charge is 0.364 e. The minimum atomic E-state index is 0.295. The molecule has 0 fully saturated rings. The molecule has 2 heterocycles. The summed E-state index contributed by atoms with van der Waals surface area (Å²) < 4.78 is 0. The Balaban J connectivity index is 1.92. The third-order valence-corrected chi connectivity index (χ3v) is 2.46. The molecular formula is C11H16N4. The van der Waals surface area contributed by atoms with E-state index in [9.17, 15) is 0 Å². The van der Waals surface area contributed by atoms with Crippen LogP contribution in [0.5, 0.6) is 0 Å². The zero-order chi connectivity index (χ0) is 10.5. The molecular weight excluding hydrogens is 188 g/mol. The van der Waals surface area contributed by atoms with Crippen molar-refractivity contribution in [3.05, 3.63) is 42.2 Å². The van der Waals surface area contributed by atoms with Crippen LogP contribution in [0.4, 0.5) is 0 Å².